The minimum atomic E-state index is -0.396. The van der Waals surface area contributed by atoms with Gasteiger partial charge in [-0.1, -0.05) is 18.2 Å². The maximum atomic E-state index is 13.4. The van der Waals surface area contributed by atoms with E-state index in [4.69, 9.17) is 0 Å². The van der Waals surface area contributed by atoms with Crippen LogP contribution in [-0.2, 0) is 24.2 Å². The Morgan fingerprint density at radius 2 is 1.90 bits per heavy atom. The Morgan fingerprint density at radius 3 is 2.65 bits per heavy atom. The molecule has 0 saturated heterocycles. The van der Waals surface area contributed by atoms with Crippen LogP contribution < -0.4 is 10.5 Å². The molecule has 4 rings (SSSR count). The van der Waals surface area contributed by atoms with Gasteiger partial charge in [-0.15, -0.1) is 0 Å². The van der Waals surface area contributed by atoms with Crippen LogP contribution in [-0.4, -0.2) is 33.7 Å². The molecule has 1 aromatic heterocycles. The second-order valence-electron chi connectivity index (χ2n) is 7.65. The van der Waals surface area contributed by atoms with E-state index < -0.39 is 5.82 Å². The average Bonchev–Trinajstić information content (AvgIpc) is 2.78. The fraction of sp³-hybridized carbons (Fsp3) is 0.292. The highest BCUT2D eigenvalue weighted by Crippen LogP contribution is 2.27. The number of carbonyl (C=O) groups is 1. The monoisotopic (exact) mass is 421 g/mol. The average molecular weight is 421 g/mol. The molecule has 160 valence electrons. The molecule has 1 aliphatic heterocycles. The van der Waals surface area contributed by atoms with E-state index in [-0.39, 0.29) is 31.0 Å². The maximum absolute atomic E-state index is 13.4. The Hall–Kier alpha value is -3.32. The summed E-state index contributed by atoms with van der Waals surface area (Å²) in [5.41, 5.74) is 3.02. The Balaban J connectivity index is 1.78. The molecule has 6 nitrogen and oxygen atoms in total. The summed E-state index contributed by atoms with van der Waals surface area (Å²) in [4.78, 5) is 32.8. The predicted molar refractivity (Wildman–Crippen MR) is 117 cm³/mol. The molecule has 1 amide bonds. The number of halogens is 1. The number of hydrogen-bond donors (Lipinski definition) is 1. The van der Waals surface area contributed by atoms with Crippen molar-refractivity contribution < 1.29 is 14.3 Å². The molecule has 3 aromatic rings. The fourth-order valence-corrected chi connectivity index (χ4v) is 4.08. The number of aromatic nitrogens is 2. The van der Waals surface area contributed by atoms with Crippen molar-refractivity contribution in [3.63, 3.8) is 0 Å². The second kappa shape index (κ2) is 8.81. The van der Waals surface area contributed by atoms with Gasteiger partial charge in [0, 0.05) is 42.1 Å². The predicted octanol–water partition coefficient (Wildman–Crippen LogP) is 2.87. The lowest BCUT2D eigenvalue weighted by molar-refractivity contribution is -0.119. The number of aliphatic hydroxyl groups excluding tert-OH is 1. The molecule has 0 atom stereocenters. The quantitative estimate of drug-likeness (QED) is 0.688. The van der Waals surface area contributed by atoms with Gasteiger partial charge in [0.25, 0.3) is 5.56 Å². The molecule has 31 heavy (non-hydrogen) atoms. The van der Waals surface area contributed by atoms with Crippen molar-refractivity contribution in [2.45, 2.75) is 32.7 Å². The van der Waals surface area contributed by atoms with Crippen LogP contribution in [0, 0.1) is 12.7 Å². The lowest BCUT2D eigenvalue weighted by atomic mass is 10.0. The normalized spacial score (nSPS) is 13.2. The Labute approximate surface area is 179 Å². The number of aryl methyl sites for hydroxylation is 2. The second-order valence-corrected chi connectivity index (χ2v) is 7.65. The highest BCUT2D eigenvalue weighted by molar-refractivity contribution is 5.94. The van der Waals surface area contributed by atoms with E-state index in [0.29, 0.717) is 29.2 Å². The van der Waals surface area contributed by atoms with Crippen LogP contribution in [0.1, 0.15) is 23.2 Å². The number of amides is 1. The van der Waals surface area contributed by atoms with Crippen LogP contribution >= 0.6 is 0 Å². The molecule has 0 radical (unpaired) electrons. The van der Waals surface area contributed by atoms with E-state index in [1.807, 2.05) is 24.3 Å². The number of hydrogen-bond acceptors (Lipinski definition) is 4. The molecule has 2 heterocycles. The number of benzene rings is 2. The summed E-state index contributed by atoms with van der Waals surface area (Å²) in [5, 5.41) is 9.38. The zero-order chi connectivity index (χ0) is 22.0. The zero-order valence-corrected chi connectivity index (χ0v) is 17.3. The van der Waals surface area contributed by atoms with Crippen LogP contribution in [0.5, 0.6) is 0 Å². The Bertz CT molecular complexity index is 1170. The van der Waals surface area contributed by atoms with Gasteiger partial charge in [0.05, 0.1) is 0 Å². The summed E-state index contributed by atoms with van der Waals surface area (Å²) in [6.45, 7) is 1.90. The van der Waals surface area contributed by atoms with Gasteiger partial charge in [0.2, 0.25) is 5.91 Å². The SMILES string of the molecule is Cc1nc(-c2ccc(F)cc2)n(CC(=O)N2CCCc3ccccc32)c(=O)c1CCO. The smallest absolute Gasteiger partial charge is 0.257 e. The summed E-state index contributed by atoms with van der Waals surface area (Å²) in [5.74, 6) is -0.298. The van der Waals surface area contributed by atoms with Gasteiger partial charge < -0.3 is 10.0 Å². The number of fused-ring (bicyclic) bond motifs is 1. The first-order valence-corrected chi connectivity index (χ1v) is 10.3. The molecular formula is C24H24FN3O3. The highest BCUT2D eigenvalue weighted by Gasteiger charge is 2.25. The highest BCUT2D eigenvalue weighted by atomic mass is 19.1. The van der Waals surface area contributed by atoms with E-state index >= 15 is 0 Å². The molecular weight excluding hydrogens is 397 g/mol. The minimum absolute atomic E-state index is 0.155. The number of para-hydroxylation sites is 1. The Morgan fingerprint density at radius 1 is 1.16 bits per heavy atom. The van der Waals surface area contributed by atoms with Crippen molar-refractivity contribution in [2.24, 2.45) is 0 Å². The van der Waals surface area contributed by atoms with Gasteiger partial charge in [0.15, 0.2) is 0 Å². The van der Waals surface area contributed by atoms with Crippen molar-refractivity contribution >= 4 is 11.6 Å². The first kappa shape index (κ1) is 20.9. The van der Waals surface area contributed by atoms with Crippen molar-refractivity contribution in [1.82, 2.24) is 9.55 Å². The lowest BCUT2D eigenvalue weighted by Gasteiger charge is -2.30. The number of rotatable bonds is 5. The van der Waals surface area contributed by atoms with Crippen LogP contribution in [0.2, 0.25) is 0 Å². The molecule has 1 aliphatic rings. The maximum Gasteiger partial charge on any atom is 0.257 e. The standard InChI is InChI=1S/C24H24FN3O3/c1-16-20(12-14-29)24(31)28(23(26-16)18-8-10-19(25)11-9-18)15-22(30)27-13-4-6-17-5-2-3-7-21(17)27/h2-3,5,7-11,29H,4,6,12-15H2,1H3. The van der Waals surface area contributed by atoms with Gasteiger partial charge in [0.1, 0.15) is 18.2 Å². The number of aliphatic hydroxyl groups is 1. The van der Waals surface area contributed by atoms with E-state index in [9.17, 15) is 19.1 Å². The van der Waals surface area contributed by atoms with Crippen LogP contribution in [0.25, 0.3) is 11.4 Å². The van der Waals surface area contributed by atoms with E-state index in [0.717, 1.165) is 24.1 Å². The van der Waals surface area contributed by atoms with Crippen molar-refractivity contribution in [1.29, 1.82) is 0 Å². The molecule has 0 unspecified atom stereocenters. The summed E-state index contributed by atoms with van der Waals surface area (Å²) < 4.78 is 14.8. The van der Waals surface area contributed by atoms with Gasteiger partial charge in [-0.05, 0) is 55.7 Å². The number of carbonyl (C=O) groups excluding carboxylic acids is 1. The molecule has 7 heteroatoms. The van der Waals surface area contributed by atoms with Gasteiger partial charge in [-0.2, -0.15) is 0 Å². The van der Waals surface area contributed by atoms with E-state index in [2.05, 4.69) is 4.98 Å². The molecule has 0 bridgehead atoms. The van der Waals surface area contributed by atoms with Gasteiger partial charge in [-0.25, -0.2) is 9.37 Å². The summed E-state index contributed by atoms with van der Waals surface area (Å²) >= 11 is 0. The van der Waals surface area contributed by atoms with Crippen molar-refractivity contribution in [2.75, 3.05) is 18.1 Å². The molecule has 0 spiro atoms. The third-order valence-corrected chi connectivity index (χ3v) is 5.64. The summed E-state index contributed by atoms with van der Waals surface area (Å²) in [6.07, 6.45) is 1.92. The number of anilines is 1. The van der Waals surface area contributed by atoms with Crippen molar-refractivity contribution in [3.8, 4) is 11.4 Å². The fourth-order valence-electron chi connectivity index (χ4n) is 4.08. The Kier molecular flexibility index (Phi) is 5.95. The molecule has 1 N–H and O–H groups in total. The van der Waals surface area contributed by atoms with Gasteiger partial charge in [-0.3, -0.25) is 14.2 Å². The zero-order valence-electron chi connectivity index (χ0n) is 17.3. The van der Waals surface area contributed by atoms with Crippen LogP contribution in [0.4, 0.5) is 10.1 Å². The summed E-state index contributed by atoms with van der Waals surface area (Å²) in [7, 11) is 0. The van der Waals surface area contributed by atoms with E-state index in [1.165, 1.54) is 16.7 Å². The molecule has 2 aromatic carbocycles. The minimum Gasteiger partial charge on any atom is -0.396 e. The molecule has 0 fully saturated rings. The first-order valence-electron chi connectivity index (χ1n) is 10.3. The van der Waals surface area contributed by atoms with Crippen LogP contribution in [0.15, 0.2) is 53.3 Å². The van der Waals surface area contributed by atoms with Crippen LogP contribution in [0.3, 0.4) is 0 Å². The number of nitrogens with zero attached hydrogens (tertiary/aromatic N) is 3. The molecule has 0 aliphatic carbocycles. The third kappa shape index (κ3) is 4.14. The lowest BCUT2D eigenvalue weighted by Crippen LogP contribution is -2.41. The van der Waals surface area contributed by atoms with E-state index in [1.54, 1.807) is 24.0 Å². The van der Waals surface area contributed by atoms with Gasteiger partial charge >= 0.3 is 0 Å². The van der Waals surface area contributed by atoms with Crippen molar-refractivity contribution in [3.05, 3.63) is 81.5 Å². The topological polar surface area (TPSA) is 75.4 Å². The first-order chi connectivity index (χ1) is 15.0. The largest absolute Gasteiger partial charge is 0.396 e. The third-order valence-electron chi connectivity index (χ3n) is 5.64. The molecule has 0 saturated carbocycles. The summed E-state index contributed by atoms with van der Waals surface area (Å²) in [6, 6.07) is 13.5.